The zero-order valence-corrected chi connectivity index (χ0v) is 8.23. The lowest BCUT2D eigenvalue weighted by molar-refractivity contribution is -0.137. The molecule has 5 heteroatoms. The number of aliphatic carboxylic acids is 1. The van der Waals surface area contributed by atoms with Gasteiger partial charge in [0.25, 0.3) is 0 Å². The van der Waals surface area contributed by atoms with Crippen LogP contribution in [0.25, 0.3) is 0 Å². The van der Waals surface area contributed by atoms with Crippen molar-refractivity contribution < 1.29 is 14.3 Å². The van der Waals surface area contributed by atoms with Crippen molar-refractivity contribution >= 4 is 18.4 Å². The highest BCUT2D eigenvalue weighted by Gasteiger charge is 2.18. The minimum atomic E-state index is -0.780. The summed E-state index contributed by atoms with van der Waals surface area (Å²) in [7, 11) is 0. The second kappa shape index (κ2) is 6.16. The van der Waals surface area contributed by atoms with Gasteiger partial charge in [0, 0.05) is 19.6 Å². The fourth-order valence-corrected chi connectivity index (χ4v) is 1.38. The number of halogens is 2. The van der Waals surface area contributed by atoms with Gasteiger partial charge in [-0.1, -0.05) is 0 Å². The molecule has 1 N–H and O–H groups in total. The molecule has 0 spiro atoms. The molecule has 1 aliphatic heterocycles. The molecule has 0 bridgehead atoms. The predicted molar refractivity (Wildman–Crippen MR) is 50.1 cm³/mol. The minimum absolute atomic E-state index is 0. The fourth-order valence-electron chi connectivity index (χ4n) is 1.38. The van der Waals surface area contributed by atoms with Crippen molar-refractivity contribution in [1.29, 1.82) is 0 Å². The van der Waals surface area contributed by atoms with Crippen molar-refractivity contribution in [3.8, 4) is 0 Å². The molecule has 0 aromatic carbocycles. The number of piperidine rings is 1. The van der Waals surface area contributed by atoms with Crippen molar-refractivity contribution in [3.05, 3.63) is 0 Å². The van der Waals surface area contributed by atoms with E-state index >= 15 is 0 Å². The summed E-state index contributed by atoms with van der Waals surface area (Å²) in [4.78, 5) is 12.2. The first-order valence-electron chi connectivity index (χ1n) is 4.26. The van der Waals surface area contributed by atoms with Gasteiger partial charge in [-0.25, -0.2) is 4.39 Å². The van der Waals surface area contributed by atoms with Gasteiger partial charge >= 0.3 is 5.97 Å². The van der Waals surface area contributed by atoms with Gasteiger partial charge in [-0.3, -0.25) is 4.79 Å². The van der Waals surface area contributed by atoms with E-state index in [-0.39, 0.29) is 18.8 Å². The zero-order chi connectivity index (χ0) is 8.97. The molecule has 0 aromatic heterocycles. The maximum absolute atomic E-state index is 12.6. The van der Waals surface area contributed by atoms with Crippen LogP contribution in [0.2, 0.25) is 0 Å². The van der Waals surface area contributed by atoms with Crippen LogP contribution >= 0.6 is 12.4 Å². The molecular formula is C8H15ClFNO2. The van der Waals surface area contributed by atoms with E-state index in [0.717, 1.165) is 0 Å². The second-order valence-corrected chi connectivity index (χ2v) is 3.16. The van der Waals surface area contributed by atoms with E-state index in [9.17, 15) is 9.18 Å². The maximum Gasteiger partial charge on any atom is 0.304 e. The van der Waals surface area contributed by atoms with Crippen molar-refractivity contribution in [2.45, 2.75) is 25.4 Å². The summed E-state index contributed by atoms with van der Waals surface area (Å²) in [6, 6.07) is 0. The molecule has 0 aliphatic carbocycles. The molecule has 0 atom stereocenters. The highest BCUT2D eigenvalue weighted by atomic mass is 35.5. The molecule has 0 amide bonds. The molecule has 13 heavy (non-hydrogen) atoms. The Labute approximate surface area is 83.3 Å². The lowest BCUT2D eigenvalue weighted by Gasteiger charge is -2.27. The van der Waals surface area contributed by atoms with E-state index in [0.29, 0.717) is 32.5 Å². The number of hydrogen-bond donors (Lipinski definition) is 1. The average molecular weight is 212 g/mol. The summed E-state index contributed by atoms with van der Waals surface area (Å²) in [6.07, 6.45) is 0.599. The number of nitrogens with zero attached hydrogens (tertiary/aromatic N) is 1. The molecular weight excluding hydrogens is 197 g/mol. The summed E-state index contributed by atoms with van der Waals surface area (Å²) in [5, 5.41) is 8.40. The molecule has 78 valence electrons. The Kier molecular flexibility index (Phi) is 5.99. The van der Waals surface area contributed by atoms with E-state index in [1.165, 1.54) is 0 Å². The second-order valence-electron chi connectivity index (χ2n) is 3.16. The third-order valence-electron chi connectivity index (χ3n) is 2.16. The van der Waals surface area contributed by atoms with Gasteiger partial charge in [0.15, 0.2) is 0 Å². The standard InChI is InChI=1S/C8H14FNO2.ClH/c9-7-1-4-10(5-2-7)6-3-8(11)12;/h7H,1-6H2,(H,11,12);1H. The molecule has 0 radical (unpaired) electrons. The van der Waals surface area contributed by atoms with Gasteiger partial charge < -0.3 is 10.0 Å². The van der Waals surface area contributed by atoms with E-state index in [2.05, 4.69) is 0 Å². The smallest absolute Gasteiger partial charge is 0.304 e. The first-order valence-corrected chi connectivity index (χ1v) is 4.26. The number of alkyl halides is 1. The number of likely N-dealkylation sites (tertiary alicyclic amines) is 1. The van der Waals surface area contributed by atoms with E-state index in [1.54, 1.807) is 0 Å². The summed E-state index contributed by atoms with van der Waals surface area (Å²) < 4.78 is 12.6. The normalized spacial score (nSPS) is 19.5. The molecule has 1 fully saturated rings. The minimum Gasteiger partial charge on any atom is -0.481 e. The fraction of sp³-hybridized carbons (Fsp3) is 0.875. The molecule has 1 saturated heterocycles. The number of carboxylic acids is 1. The van der Waals surface area contributed by atoms with Crippen LogP contribution in [0.15, 0.2) is 0 Å². The van der Waals surface area contributed by atoms with E-state index in [1.807, 2.05) is 4.90 Å². The van der Waals surface area contributed by atoms with Crippen molar-refractivity contribution in [3.63, 3.8) is 0 Å². The quantitative estimate of drug-likeness (QED) is 0.766. The molecule has 1 heterocycles. The van der Waals surface area contributed by atoms with Crippen LogP contribution in [0.1, 0.15) is 19.3 Å². The summed E-state index contributed by atoms with van der Waals surface area (Å²) in [5.41, 5.74) is 0. The Balaban J connectivity index is 0.00000144. The summed E-state index contributed by atoms with van der Waals surface area (Å²) >= 11 is 0. The monoisotopic (exact) mass is 211 g/mol. The molecule has 0 unspecified atom stereocenters. The predicted octanol–water partition coefficient (Wildman–Crippen LogP) is 1.32. The van der Waals surface area contributed by atoms with Crippen molar-refractivity contribution in [2.75, 3.05) is 19.6 Å². The Bertz CT molecular complexity index is 160. The number of carboxylic acid groups (broad SMARTS) is 1. The molecule has 0 aromatic rings. The van der Waals surface area contributed by atoms with Crippen LogP contribution in [0, 0.1) is 0 Å². The number of carbonyl (C=O) groups is 1. The van der Waals surface area contributed by atoms with Crippen LogP contribution in [0.3, 0.4) is 0 Å². The molecule has 1 rings (SSSR count). The zero-order valence-electron chi connectivity index (χ0n) is 7.41. The Morgan fingerprint density at radius 1 is 1.46 bits per heavy atom. The lowest BCUT2D eigenvalue weighted by Crippen LogP contribution is -2.35. The maximum atomic E-state index is 12.6. The summed E-state index contributed by atoms with van der Waals surface area (Å²) in [5.74, 6) is -0.780. The third-order valence-corrected chi connectivity index (χ3v) is 2.16. The van der Waals surface area contributed by atoms with Gasteiger partial charge in [-0.15, -0.1) is 12.4 Å². The molecule has 3 nitrogen and oxygen atoms in total. The Hall–Kier alpha value is -0.350. The number of hydrogen-bond acceptors (Lipinski definition) is 2. The van der Waals surface area contributed by atoms with Crippen LogP contribution < -0.4 is 0 Å². The Morgan fingerprint density at radius 3 is 2.46 bits per heavy atom. The van der Waals surface area contributed by atoms with Crippen molar-refractivity contribution in [2.24, 2.45) is 0 Å². The third kappa shape index (κ3) is 5.05. The largest absolute Gasteiger partial charge is 0.481 e. The van der Waals surface area contributed by atoms with Crippen LogP contribution in [-0.2, 0) is 4.79 Å². The van der Waals surface area contributed by atoms with Crippen molar-refractivity contribution in [1.82, 2.24) is 4.90 Å². The first kappa shape index (κ1) is 12.7. The topological polar surface area (TPSA) is 40.5 Å². The van der Waals surface area contributed by atoms with Gasteiger partial charge in [-0.2, -0.15) is 0 Å². The van der Waals surface area contributed by atoms with Crippen LogP contribution in [-0.4, -0.2) is 41.8 Å². The van der Waals surface area contributed by atoms with Gasteiger partial charge in [0.1, 0.15) is 6.17 Å². The number of rotatable bonds is 3. The first-order chi connectivity index (χ1) is 5.68. The van der Waals surface area contributed by atoms with Gasteiger partial charge in [0.2, 0.25) is 0 Å². The van der Waals surface area contributed by atoms with Gasteiger partial charge in [0.05, 0.1) is 6.42 Å². The average Bonchev–Trinajstić information content (AvgIpc) is 2.03. The SMILES string of the molecule is Cl.O=C(O)CCN1CCC(F)CC1. The van der Waals surface area contributed by atoms with Gasteiger partial charge in [-0.05, 0) is 12.8 Å². The highest BCUT2D eigenvalue weighted by Crippen LogP contribution is 2.12. The summed E-state index contributed by atoms with van der Waals surface area (Å²) in [6.45, 7) is 1.96. The van der Waals surface area contributed by atoms with E-state index < -0.39 is 12.1 Å². The van der Waals surface area contributed by atoms with Crippen LogP contribution in [0.5, 0.6) is 0 Å². The Morgan fingerprint density at radius 2 is 2.00 bits per heavy atom. The molecule has 1 aliphatic rings. The molecule has 0 saturated carbocycles. The van der Waals surface area contributed by atoms with Crippen LogP contribution in [0.4, 0.5) is 4.39 Å². The lowest BCUT2D eigenvalue weighted by atomic mass is 10.1. The van der Waals surface area contributed by atoms with E-state index in [4.69, 9.17) is 5.11 Å². The highest BCUT2D eigenvalue weighted by molar-refractivity contribution is 5.85.